The second-order valence-corrected chi connectivity index (χ2v) is 6.27. The molecule has 2 aromatic carbocycles. The normalized spacial score (nSPS) is 16.3. The highest BCUT2D eigenvalue weighted by atomic mass is 35.5. The lowest BCUT2D eigenvalue weighted by Gasteiger charge is -2.24. The summed E-state index contributed by atoms with van der Waals surface area (Å²) in [5.74, 6) is 0.476. The van der Waals surface area contributed by atoms with Crippen LogP contribution in [-0.4, -0.2) is 17.5 Å². The number of hydrogen-bond acceptors (Lipinski definition) is 3. The first-order chi connectivity index (χ1) is 11.7. The zero-order chi connectivity index (χ0) is 16.5. The quantitative estimate of drug-likeness (QED) is 0.766. The van der Waals surface area contributed by atoms with E-state index in [1.54, 1.807) is 12.3 Å². The molecule has 4 nitrogen and oxygen atoms in total. The smallest absolute Gasteiger partial charge is 0.231 e. The molecule has 0 radical (unpaired) electrons. The van der Waals surface area contributed by atoms with Gasteiger partial charge in [0, 0.05) is 16.6 Å². The summed E-state index contributed by atoms with van der Waals surface area (Å²) in [5, 5.41) is 4.63. The third kappa shape index (κ3) is 2.81. The van der Waals surface area contributed by atoms with Gasteiger partial charge in [-0.1, -0.05) is 29.8 Å². The molecule has 1 N–H and O–H groups in total. The minimum absolute atomic E-state index is 0.0706. The maximum absolute atomic E-state index is 12.7. The Balaban J connectivity index is 1.56. The average Bonchev–Trinajstić information content (AvgIpc) is 2.61. The van der Waals surface area contributed by atoms with Gasteiger partial charge in [-0.2, -0.15) is 0 Å². The second kappa shape index (κ2) is 6.13. The molecule has 2 heterocycles. The number of carbonyl (C=O) groups is 1. The van der Waals surface area contributed by atoms with E-state index in [9.17, 15) is 4.79 Å². The standard InChI is InChI=1S/C19H15ClN2O2/c20-15-6-7-17-13(10-15)9-14(11-24-17)19(23)22-16-5-1-3-12-4-2-8-21-18(12)16/h1-8,10,14H,9,11H2,(H,22,23)/t14-/m1/s1. The molecule has 1 aromatic heterocycles. The molecule has 4 rings (SSSR count). The van der Waals surface area contributed by atoms with E-state index in [2.05, 4.69) is 10.3 Å². The van der Waals surface area contributed by atoms with Crippen molar-refractivity contribution in [2.75, 3.05) is 11.9 Å². The van der Waals surface area contributed by atoms with Crippen LogP contribution in [0.4, 0.5) is 5.69 Å². The highest BCUT2D eigenvalue weighted by molar-refractivity contribution is 6.30. The topological polar surface area (TPSA) is 51.2 Å². The van der Waals surface area contributed by atoms with Crippen molar-refractivity contribution in [3.05, 3.63) is 65.3 Å². The van der Waals surface area contributed by atoms with Crippen molar-refractivity contribution in [1.82, 2.24) is 4.98 Å². The van der Waals surface area contributed by atoms with Crippen LogP contribution in [0.3, 0.4) is 0 Å². The van der Waals surface area contributed by atoms with Crippen LogP contribution < -0.4 is 10.1 Å². The molecule has 0 fully saturated rings. The summed E-state index contributed by atoms with van der Waals surface area (Å²) in [6.07, 6.45) is 2.33. The first-order valence-electron chi connectivity index (χ1n) is 7.76. The summed E-state index contributed by atoms with van der Waals surface area (Å²) in [6, 6.07) is 15.1. The van der Waals surface area contributed by atoms with Crippen molar-refractivity contribution in [2.45, 2.75) is 6.42 Å². The van der Waals surface area contributed by atoms with Crippen molar-refractivity contribution >= 4 is 34.1 Å². The van der Waals surface area contributed by atoms with E-state index in [4.69, 9.17) is 16.3 Å². The Hall–Kier alpha value is -2.59. The van der Waals surface area contributed by atoms with Crippen molar-refractivity contribution < 1.29 is 9.53 Å². The van der Waals surface area contributed by atoms with Gasteiger partial charge in [-0.25, -0.2) is 0 Å². The summed E-state index contributed by atoms with van der Waals surface area (Å²) < 4.78 is 5.70. The molecule has 1 aliphatic rings. The van der Waals surface area contributed by atoms with Crippen LogP contribution >= 0.6 is 11.6 Å². The van der Waals surface area contributed by atoms with Crippen LogP contribution in [0, 0.1) is 5.92 Å². The lowest BCUT2D eigenvalue weighted by atomic mass is 9.96. The molecule has 3 aromatic rings. The third-order valence-corrected chi connectivity index (χ3v) is 4.43. The van der Waals surface area contributed by atoms with Gasteiger partial charge >= 0.3 is 0 Å². The Labute approximate surface area is 144 Å². The number of hydrogen-bond donors (Lipinski definition) is 1. The monoisotopic (exact) mass is 338 g/mol. The molecule has 0 bridgehead atoms. The molecule has 0 aliphatic carbocycles. The lowest BCUT2D eigenvalue weighted by Crippen LogP contribution is -2.32. The zero-order valence-corrected chi connectivity index (χ0v) is 13.6. The van der Waals surface area contributed by atoms with Gasteiger partial charge in [0.05, 0.1) is 17.1 Å². The minimum Gasteiger partial charge on any atom is -0.492 e. The highest BCUT2D eigenvalue weighted by Crippen LogP contribution is 2.30. The fourth-order valence-corrected chi connectivity index (χ4v) is 3.17. The van der Waals surface area contributed by atoms with Crippen LogP contribution in [0.5, 0.6) is 5.75 Å². The summed E-state index contributed by atoms with van der Waals surface area (Å²) in [6.45, 7) is 0.360. The fraction of sp³-hybridized carbons (Fsp3) is 0.158. The van der Waals surface area contributed by atoms with E-state index in [1.807, 2.05) is 42.5 Å². The fourth-order valence-electron chi connectivity index (χ4n) is 2.97. The maximum atomic E-state index is 12.7. The molecule has 24 heavy (non-hydrogen) atoms. The largest absolute Gasteiger partial charge is 0.492 e. The summed E-state index contributed by atoms with van der Waals surface area (Å²) in [5.41, 5.74) is 2.47. The number of halogens is 1. The number of anilines is 1. The van der Waals surface area contributed by atoms with Gasteiger partial charge in [-0.05, 0) is 42.3 Å². The van der Waals surface area contributed by atoms with Crippen molar-refractivity contribution in [1.29, 1.82) is 0 Å². The van der Waals surface area contributed by atoms with E-state index in [-0.39, 0.29) is 11.8 Å². The Morgan fingerprint density at radius 3 is 3.00 bits per heavy atom. The predicted molar refractivity (Wildman–Crippen MR) is 94.5 cm³/mol. The molecule has 0 spiro atoms. The maximum Gasteiger partial charge on any atom is 0.231 e. The minimum atomic E-state index is -0.255. The number of aromatic nitrogens is 1. The number of para-hydroxylation sites is 1. The van der Waals surface area contributed by atoms with Gasteiger partial charge in [0.1, 0.15) is 12.4 Å². The number of carbonyl (C=O) groups excluding carboxylic acids is 1. The van der Waals surface area contributed by atoms with Gasteiger partial charge < -0.3 is 10.1 Å². The molecule has 1 amide bonds. The molecule has 1 aliphatic heterocycles. The Morgan fingerprint density at radius 2 is 2.08 bits per heavy atom. The molecule has 0 saturated carbocycles. The number of fused-ring (bicyclic) bond motifs is 2. The Morgan fingerprint density at radius 1 is 1.21 bits per heavy atom. The molecular weight excluding hydrogens is 324 g/mol. The Kier molecular flexibility index (Phi) is 3.82. The molecule has 120 valence electrons. The zero-order valence-electron chi connectivity index (χ0n) is 12.8. The van der Waals surface area contributed by atoms with E-state index in [0.717, 1.165) is 27.9 Å². The van der Waals surface area contributed by atoms with Gasteiger partial charge in [0.2, 0.25) is 5.91 Å². The van der Waals surface area contributed by atoms with E-state index in [0.29, 0.717) is 18.1 Å². The first kappa shape index (κ1) is 15.0. The number of amides is 1. The van der Waals surface area contributed by atoms with Crippen LogP contribution in [0.1, 0.15) is 5.56 Å². The molecule has 0 saturated heterocycles. The molecule has 0 unspecified atom stereocenters. The van der Waals surface area contributed by atoms with Crippen molar-refractivity contribution in [3.63, 3.8) is 0 Å². The van der Waals surface area contributed by atoms with E-state index < -0.39 is 0 Å². The number of rotatable bonds is 2. The summed E-state index contributed by atoms with van der Waals surface area (Å²) >= 11 is 6.03. The van der Waals surface area contributed by atoms with Crippen LogP contribution in [0.25, 0.3) is 10.9 Å². The van der Waals surface area contributed by atoms with Crippen LogP contribution in [-0.2, 0) is 11.2 Å². The molecule has 1 atom stereocenters. The lowest BCUT2D eigenvalue weighted by molar-refractivity contribution is -0.121. The van der Waals surface area contributed by atoms with Gasteiger partial charge in [-0.3, -0.25) is 9.78 Å². The summed E-state index contributed by atoms with van der Waals surface area (Å²) in [4.78, 5) is 17.0. The SMILES string of the molecule is O=C(Nc1cccc2cccnc12)[C@H]1COc2ccc(Cl)cc2C1. The predicted octanol–water partition coefficient (Wildman–Crippen LogP) is 4.08. The Bertz CT molecular complexity index is 921. The molecular formula is C19H15ClN2O2. The number of ether oxygens (including phenoxy) is 1. The molecule has 5 heteroatoms. The van der Waals surface area contributed by atoms with Crippen LogP contribution in [0.15, 0.2) is 54.7 Å². The number of pyridine rings is 1. The second-order valence-electron chi connectivity index (χ2n) is 5.83. The van der Waals surface area contributed by atoms with Crippen molar-refractivity contribution in [3.8, 4) is 5.75 Å². The van der Waals surface area contributed by atoms with E-state index in [1.165, 1.54) is 0 Å². The highest BCUT2D eigenvalue weighted by Gasteiger charge is 2.26. The summed E-state index contributed by atoms with van der Waals surface area (Å²) in [7, 11) is 0. The number of benzene rings is 2. The van der Waals surface area contributed by atoms with E-state index >= 15 is 0 Å². The van der Waals surface area contributed by atoms with Crippen molar-refractivity contribution in [2.24, 2.45) is 5.92 Å². The first-order valence-corrected chi connectivity index (χ1v) is 8.14. The third-order valence-electron chi connectivity index (χ3n) is 4.19. The van der Waals surface area contributed by atoms with Gasteiger partial charge in [0.25, 0.3) is 0 Å². The number of nitrogens with zero attached hydrogens (tertiary/aromatic N) is 1. The average molecular weight is 339 g/mol. The number of nitrogens with one attached hydrogen (secondary N) is 1. The van der Waals surface area contributed by atoms with Crippen LogP contribution in [0.2, 0.25) is 5.02 Å². The van der Waals surface area contributed by atoms with Gasteiger partial charge in [-0.15, -0.1) is 0 Å². The van der Waals surface area contributed by atoms with Gasteiger partial charge in [0.15, 0.2) is 0 Å².